The van der Waals surface area contributed by atoms with Gasteiger partial charge in [-0.15, -0.1) is 0 Å². The summed E-state index contributed by atoms with van der Waals surface area (Å²) in [5, 5.41) is 3.29. The van der Waals surface area contributed by atoms with Crippen molar-refractivity contribution in [3.05, 3.63) is 66.0 Å². The quantitative estimate of drug-likeness (QED) is 0.481. The maximum absolute atomic E-state index is 6.07. The first-order chi connectivity index (χ1) is 14.2. The molecule has 3 N–H and O–H groups in total. The van der Waals surface area contributed by atoms with Gasteiger partial charge in [-0.05, 0) is 49.2 Å². The SMILES string of the molecule is CCN1CCCC1CNC(N)=NCc1ccc(Cn2cnc3ccccc32)cc1. The Morgan fingerprint density at radius 1 is 1.17 bits per heavy atom. The number of hydrogen-bond donors (Lipinski definition) is 2. The summed E-state index contributed by atoms with van der Waals surface area (Å²) in [6, 6.07) is 17.3. The highest BCUT2D eigenvalue weighted by molar-refractivity contribution is 5.77. The molecule has 1 aliphatic rings. The van der Waals surface area contributed by atoms with Crippen molar-refractivity contribution in [2.24, 2.45) is 10.7 Å². The lowest BCUT2D eigenvalue weighted by molar-refractivity contribution is 0.267. The van der Waals surface area contributed by atoms with E-state index in [2.05, 4.69) is 62.0 Å². The van der Waals surface area contributed by atoms with Crippen molar-refractivity contribution >= 4 is 17.0 Å². The molecule has 0 amide bonds. The van der Waals surface area contributed by atoms with Gasteiger partial charge in [-0.1, -0.05) is 43.3 Å². The summed E-state index contributed by atoms with van der Waals surface area (Å²) in [5.74, 6) is 0.530. The van der Waals surface area contributed by atoms with Gasteiger partial charge in [0, 0.05) is 19.1 Å². The Balaban J connectivity index is 1.30. The van der Waals surface area contributed by atoms with E-state index in [1.165, 1.54) is 24.9 Å². The first-order valence-electron chi connectivity index (χ1n) is 10.5. The van der Waals surface area contributed by atoms with E-state index in [-0.39, 0.29) is 0 Å². The maximum atomic E-state index is 6.07. The van der Waals surface area contributed by atoms with Gasteiger partial charge in [0.15, 0.2) is 5.96 Å². The molecule has 6 heteroatoms. The van der Waals surface area contributed by atoms with Crippen LogP contribution in [0.2, 0.25) is 0 Å². The highest BCUT2D eigenvalue weighted by Crippen LogP contribution is 2.16. The van der Waals surface area contributed by atoms with Crippen molar-refractivity contribution in [2.75, 3.05) is 19.6 Å². The number of guanidine groups is 1. The number of rotatable bonds is 7. The van der Waals surface area contributed by atoms with Crippen molar-refractivity contribution in [3.8, 4) is 0 Å². The third-order valence-electron chi connectivity index (χ3n) is 5.76. The summed E-state index contributed by atoms with van der Waals surface area (Å²) < 4.78 is 2.17. The number of likely N-dealkylation sites (N-methyl/N-ethyl adjacent to an activating group) is 1. The van der Waals surface area contributed by atoms with Crippen LogP contribution in [0.3, 0.4) is 0 Å². The number of nitrogens with one attached hydrogen (secondary N) is 1. The topological polar surface area (TPSA) is 71.5 Å². The van der Waals surface area contributed by atoms with Crippen LogP contribution < -0.4 is 11.1 Å². The lowest BCUT2D eigenvalue weighted by atomic mass is 10.1. The number of aliphatic imine (C=N–C) groups is 1. The van der Waals surface area contributed by atoms with Crippen LogP contribution in [-0.2, 0) is 13.1 Å². The van der Waals surface area contributed by atoms with Crippen molar-refractivity contribution < 1.29 is 0 Å². The van der Waals surface area contributed by atoms with Crippen molar-refractivity contribution in [1.29, 1.82) is 0 Å². The molecule has 0 spiro atoms. The zero-order valence-electron chi connectivity index (χ0n) is 17.1. The summed E-state index contributed by atoms with van der Waals surface area (Å²) in [4.78, 5) is 11.5. The van der Waals surface area contributed by atoms with Crippen LogP contribution in [0.25, 0.3) is 11.0 Å². The van der Waals surface area contributed by atoms with E-state index >= 15 is 0 Å². The largest absolute Gasteiger partial charge is 0.370 e. The van der Waals surface area contributed by atoms with E-state index in [0.717, 1.165) is 36.2 Å². The summed E-state index contributed by atoms with van der Waals surface area (Å²) in [6.45, 7) is 6.79. The average Bonchev–Trinajstić information content (AvgIpc) is 3.38. The number of nitrogens with zero attached hydrogens (tertiary/aromatic N) is 4. The van der Waals surface area contributed by atoms with Gasteiger partial charge in [-0.3, -0.25) is 4.90 Å². The molecule has 2 heterocycles. The van der Waals surface area contributed by atoms with Gasteiger partial charge in [0.05, 0.1) is 23.9 Å². The number of likely N-dealkylation sites (tertiary alicyclic amines) is 1. The smallest absolute Gasteiger partial charge is 0.188 e. The van der Waals surface area contributed by atoms with Gasteiger partial charge >= 0.3 is 0 Å². The number of hydrogen-bond acceptors (Lipinski definition) is 3. The molecule has 1 unspecified atom stereocenters. The minimum Gasteiger partial charge on any atom is -0.370 e. The summed E-state index contributed by atoms with van der Waals surface area (Å²) in [5.41, 5.74) is 10.7. The molecule has 1 fully saturated rings. The van der Waals surface area contributed by atoms with Crippen LogP contribution in [0.15, 0.2) is 59.9 Å². The Morgan fingerprint density at radius 2 is 1.97 bits per heavy atom. The second-order valence-corrected chi connectivity index (χ2v) is 7.68. The molecule has 1 aromatic heterocycles. The molecule has 1 saturated heterocycles. The number of imidazole rings is 1. The number of nitrogens with two attached hydrogens (primary N) is 1. The van der Waals surface area contributed by atoms with Crippen molar-refractivity contribution in [3.63, 3.8) is 0 Å². The van der Waals surface area contributed by atoms with E-state index in [0.29, 0.717) is 18.5 Å². The Bertz CT molecular complexity index is 959. The molecule has 0 aliphatic carbocycles. The summed E-state index contributed by atoms with van der Waals surface area (Å²) in [7, 11) is 0. The first-order valence-corrected chi connectivity index (χ1v) is 10.5. The molecular weight excluding hydrogens is 360 g/mol. The van der Waals surface area contributed by atoms with E-state index in [9.17, 15) is 0 Å². The highest BCUT2D eigenvalue weighted by Gasteiger charge is 2.22. The number of aromatic nitrogens is 2. The zero-order valence-corrected chi connectivity index (χ0v) is 17.1. The molecule has 1 atom stereocenters. The lowest BCUT2D eigenvalue weighted by Crippen LogP contribution is -2.42. The molecule has 2 aromatic carbocycles. The van der Waals surface area contributed by atoms with Crippen molar-refractivity contribution in [1.82, 2.24) is 19.8 Å². The second kappa shape index (κ2) is 9.09. The van der Waals surface area contributed by atoms with Gasteiger partial charge in [0.25, 0.3) is 0 Å². The Morgan fingerprint density at radius 3 is 2.79 bits per heavy atom. The molecule has 0 bridgehead atoms. The van der Waals surface area contributed by atoms with Crippen LogP contribution in [0.1, 0.15) is 30.9 Å². The molecular formula is C23H30N6. The van der Waals surface area contributed by atoms with E-state index in [1.54, 1.807) is 0 Å². The van der Waals surface area contributed by atoms with E-state index < -0.39 is 0 Å². The Hall–Kier alpha value is -2.86. The van der Waals surface area contributed by atoms with Crippen LogP contribution in [0.4, 0.5) is 0 Å². The predicted octanol–water partition coefficient (Wildman–Crippen LogP) is 2.97. The van der Waals surface area contributed by atoms with Crippen LogP contribution in [-0.4, -0.2) is 46.1 Å². The van der Waals surface area contributed by atoms with Gasteiger partial charge in [-0.25, -0.2) is 9.98 Å². The summed E-state index contributed by atoms with van der Waals surface area (Å²) in [6.07, 6.45) is 4.42. The third-order valence-corrected chi connectivity index (χ3v) is 5.76. The molecule has 152 valence electrons. The van der Waals surface area contributed by atoms with Gasteiger partial charge < -0.3 is 15.6 Å². The number of fused-ring (bicyclic) bond motifs is 1. The fourth-order valence-corrected chi connectivity index (χ4v) is 4.08. The molecule has 0 radical (unpaired) electrons. The van der Waals surface area contributed by atoms with Gasteiger partial charge in [0.1, 0.15) is 0 Å². The van der Waals surface area contributed by atoms with Crippen LogP contribution in [0, 0.1) is 0 Å². The third kappa shape index (κ3) is 4.77. The lowest BCUT2D eigenvalue weighted by Gasteiger charge is -2.23. The van der Waals surface area contributed by atoms with Gasteiger partial charge in [-0.2, -0.15) is 0 Å². The highest BCUT2D eigenvalue weighted by atomic mass is 15.2. The predicted molar refractivity (Wildman–Crippen MR) is 119 cm³/mol. The average molecular weight is 391 g/mol. The Labute approximate surface area is 172 Å². The fraction of sp³-hybridized carbons (Fsp3) is 0.391. The standard InChI is InChI=1S/C23H30N6/c1-2-28-13-5-6-20(28)15-26-23(24)25-14-18-9-11-19(12-10-18)16-29-17-27-21-7-3-4-8-22(21)29/h3-4,7-12,17,20H,2,5-6,13-16H2,1H3,(H3,24,25,26). The van der Waals surface area contributed by atoms with E-state index in [4.69, 9.17) is 5.73 Å². The second-order valence-electron chi connectivity index (χ2n) is 7.68. The van der Waals surface area contributed by atoms with E-state index in [1.807, 2.05) is 24.5 Å². The van der Waals surface area contributed by atoms with Crippen LogP contribution >= 0.6 is 0 Å². The first kappa shape index (κ1) is 19.5. The number of para-hydroxylation sites is 2. The maximum Gasteiger partial charge on any atom is 0.188 e. The van der Waals surface area contributed by atoms with Crippen LogP contribution in [0.5, 0.6) is 0 Å². The normalized spacial score (nSPS) is 17.8. The Kier molecular flexibility index (Phi) is 6.10. The minimum atomic E-state index is 0.530. The number of benzene rings is 2. The molecule has 6 nitrogen and oxygen atoms in total. The minimum absolute atomic E-state index is 0.530. The monoisotopic (exact) mass is 390 g/mol. The summed E-state index contributed by atoms with van der Waals surface area (Å²) >= 11 is 0. The van der Waals surface area contributed by atoms with Crippen molar-refractivity contribution in [2.45, 2.75) is 38.9 Å². The van der Waals surface area contributed by atoms with Gasteiger partial charge in [0.2, 0.25) is 0 Å². The zero-order chi connectivity index (χ0) is 20.1. The fourth-order valence-electron chi connectivity index (χ4n) is 4.08. The molecule has 1 aliphatic heterocycles. The molecule has 29 heavy (non-hydrogen) atoms. The molecule has 4 rings (SSSR count). The molecule has 3 aromatic rings. The molecule has 0 saturated carbocycles.